The molecule has 1 rings (SSSR count). The van der Waals surface area contributed by atoms with Crippen molar-refractivity contribution in [2.24, 2.45) is 5.92 Å². The second-order valence-electron chi connectivity index (χ2n) is 3.30. The van der Waals surface area contributed by atoms with Crippen molar-refractivity contribution in [3.63, 3.8) is 0 Å². The highest BCUT2D eigenvalue weighted by molar-refractivity contribution is 4.72. The number of hydrogen-bond acceptors (Lipinski definition) is 0. The van der Waals surface area contributed by atoms with Crippen LogP contribution >= 0.6 is 0 Å². The lowest BCUT2D eigenvalue weighted by Gasteiger charge is -2.04. The largest absolute Gasteiger partial charge is 0.389 e. The van der Waals surface area contributed by atoms with E-state index in [4.69, 9.17) is 0 Å². The fourth-order valence-corrected chi connectivity index (χ4v) is 1.16. The van der Waals surface area contributed by atoms with Crippen LogP contribution in [0.4, 0.5) is 13.2 Å². The van der Waals surface area contributed by atoms with Crippen LogP contribution in [0, 0.1) is 5.92 Å². The zero-order valence-electron chi connectivity index (χ0n) is 6.45. The maximum atomic E-state index is 11.6. The smallest absolute Gasteiger partial charge is 0.171 e. The highest BCUT2D eigenvalue weighted by atomic mass is 19.4. The lowest BCUT2D eigenvalue weighted by Crippen LogP contribution is -2.06. The predicted octanol–water partition coefficient (Wildman–Crippen LogP) is 3.52. The fraction of sp³-hybridized carbons (Fsp3) is 1.00. The maximum Gasteiger partial charge on any atom is 0.389 e. The van der Waals surface area contributed by atoms with Gasteiger partial charge < -0.3 is 0 Å². The molecule has 1 aliphatic rings. The molecule has 1 fully saturated rings. The van der Waals surface area contributed by atoms with Gasteiger partial charge in [0.2, 0.25) is 0 Å². The second-order valence-corrected chi connectivity index (χ2v) is 3.30. The van der Waals surface area contributed by atoms with E-state index in [1.165, 1.54) is 12.8 Å². The van der Waals surface area contributed by atoms with Crippen LogP contribution in [0.25, 0.3) is 0 Å². The molecule has 0 heterocycles. The minimum Gasteiger partial charge on any atom is -0.171 e. The SMILES string of the molecule is FC(F)(F)CCCCC1CC1. The third kappa shape index (κ3) is 5.10. The third-order valence-electron chi connectivity index (χ3n) is 2.02. The molecule has 0 aromatic rings. The van der Waals surface area contributed by atoms with Crippen molar-refractivity contribution in [2.45, 2.75) is 44.7 Å². The zero-order valence-corrected chi connectivity index (χ0v) is 6.45. The Hall–Kier alpha value is -0.210. The Bertz CT molecular complexity index is 113. The van der Waals surface area contributed by atoms with Crippen molar-refractivity contribution >= 4 is 0 Å². The van der Waals surface area contributed by atoms with Crippen molar-refractivity contribution in [2.75, 3.05) is 0 Å². The number of alkyl halides is 3. The van der Waals surface area contributed by atoms with E-state index >= 15 is 0 Å². The average Bonchev–Trinajstić information content (AvgIpc) is 2.60. The summed E-state index contributed by atoms with van der Waals surface area (Å²) in [6.45, 7) is 0. The van der Waals surface area contributed by atoms with E-state index in [0.717, 1.165) is 18.8 Å². The Labute approximate surface area is 64.8 Å². The summed E-state index contributed by atoms with van der Waals surface area (Å²) in [5.74, 6) is 0.767. The summed E-state index contributed by atoms with van der Waals surface area (Å²) in [5, 5.41) is 0. The van der Waals surface area contributed by atoms with Crippen molar-refractivity contribution < 1.29 is 13.2 Å². The number of unbranched alkanes of at least 4 members (excludes halogenated alkanes) is 1. The molecule has 0 radical (unpaired) electrons. The first-order chi connectivity index (χ1) is 5.08. The number of hydrogen-bond donors (Lipinski definition) is 0. The molecule has 11 heavy (non-hydrogen) atoms. The minimum absolute atomic E-state index is 0.319. The molecule has 0 amide bonds. The topological polar surface area (TPSA) is 0 Å². The average molecular weight is 166 g/mol. The first-order valence-electron chi connectivity index (χ1n) is 4.15. The van der Waals surface area contributed by atoms with Crippen molar-refractivity contribution in [3.05, 3.63) is 0 Å². The van der Waals surface area contributed by atoms with E-state index in [1.807, 2.05) is 0 Å². The summed E-state index contributed by atoms with van der Waals surface area (Å²) >= 11 is 0. The van der Waals surface area contributed by atoms with Gasteiger partial charge in [-0.2, -0.15) is 13.2 Å². The first-order valence-corrected chi connectivity index (χ1v) is 4.15. The summed E-state index contributed by atoms with van der Waals surface area (Å²) in [4.78, 5) is 0. The van der Waals surface area contributed by atoms with Crippen LogP contribution in [0.15, 0.2) is 0 Å². The molecular weight excluding hydrogens is 153 g/mol. The highest BCUT2D eigenvalue weighted by Crippen LogP contribution is 2.34. The minimum atomic E-state index is -3.94. The molecule has 3 heteroatoms. The molecule has 66 valence electrons. The van der Waals surface area contributed by atoms with E-state index in [-0.39, 0.29) is 0 Å². The highest BCUT2D eigenvalue weighted by Gasteiger charge is 2.27. The standard InChI is InChI=1S/C8H13F3/c9-8(10,11)6-2-1-3-7-4-5-7/h7H,1-6H2. The van der Waals surface area contributed by atoms with Crippen LogP contribution in [-0.4, -0.2) is 6.18 Å². The Kier molecular flexibility index (Phi) is 2.79. The molecule has 0 aromatic carbocycles. The molecule has 0 unspecified atom stereocenters. The monoisotopic (exact) mass is 166 g/mol. The van der Waals surface area contributed by atoms with Crippen molar-refractivity contribution in [1.82, 2.24) is 0 Å². The van der Waals surface area contributed by atoms with Gasteiger partial charge in [0.25, 0.3) is 0 Å². The summed E-state index contributed by atoms with van der Waals surface area (Å²) < 4.78 is 34.8. The van der Waals surface area contributed by atoms with E-state index in [0.29, 0.717) is 6.42 Å². The van der Waals surface area contributed by atoms with Crippen LogP contribution in [-0.2, 0) is 0 Å². The molecule has 0 aliphatic heterocycles. The molecule has 0 atom stereocenters. The van der Waals surface area contributed by atoms with Gasteiger partial charge in [-0.25, -0.2) is 0 Å². The first kappa shape index (κ1) is 8.88. The van der Waals surface area contributed by atoms with Gasteiger partial charge in [-0.05, 0) is 12.3 Å². The lowest BCUT2D eigenvalue weighted by molar-refractivity contribution is -0.135. The lowest BCUT2D eigenvalue weighted by atomic mass is 10.1. The van der Waals surface area contributed by atoms with E-state index in [9.17, 15) is 13.2 Å². The van der Waals surface area contributed by atoms with Gasteiger partial charge in [-0.1, -0.05) is 25.7 Å². The van der Waals surface area contributed by atoms with Gasteiger partial charge in [0.05, 0.1) is 0 Å². The molecule has 0 aromatic heterocycles. The van der Waals surface area contributed by atoms with Crippen LogP contribution in [0.3, 0.4) is 0 Å². The molecule has 1 aliphatic carbocycles. The zero-order chi connectivity index (χ0) is 8.32. The van der Waals surface area contributed by atoms with Crippen molar-refractivity contribution in [3.8, 4) is 0 Å². The molecular formula is C8H13F3. The Morgan fingerprint density at radius 3 is 2.18 bits per heavy atom. The van der Waals surface area contributed by atoms with Crippen LogP contribution in [0.5, 0.6) is 0 Å². The van der Waals surface area contributed by atoms with E-state index in [1.54, 1.807) is 0 Å². The third-order valence-corrected chi connectivity index (χ3v) is 2.02. The Morgan fingerprint density at radius 2 is 1.73 bits per heavy atom. The Morgan fingerprint density at radius 1 is 1.09 bits per heavy atom. The second kappa shape index (κ2) is 3.46. The van der Waals surface area contributed by atoms with Gasteiger partial charge in [0, 0.05) is 6.42 Å². The van der Waals surface area contributed by atoms with Gasteiger partial charge >= 0.3 is 6.18 Å². The number of rotatable bonds is 4. The summed E-state index contributed by atoms with van der Waals surface area (Å²) in [5.41, 5.74) is 0. The van der Waals surface area contributed by atoms with E-state index < -0.39 is 12.6 Å². The van der Waals surface area contributed by atoms with Gasteiger partial charge in [-0.15, -0.1) is 0 Å². The summed E-state index contributed by atoms with van der Waals surface area (Å²) in [6, 6.07) is 0. The van der Waals surface area contributed by atoms with Gasteiger partial charge in [0.15, 0.2) is 0 Å². The summed E-state index contributed by atoms with van der Waals surface area (Å²) in [7, 11) is 0. The number of halogens is 3. The Balaban J connectivity index is 1.87. The van der Waals surface area contributed by atoms with E-state index in [2.05, 4.69) is 0 Å². The molecule has 0 N–H and O–H groups in total. The predicted molar refractivity (Wildman–Crippen MR) is 37.2 cm³/mol. The normalized spacial score (nSPS) is 18.8. The van der Waals surface area contributed by atoms with Crippen LogP contribution in [0.1, 0.15) is 38.5 Å². The molecule has 0 saturated heterocycles. The fourth-order valence-electron chi connectivity index (χ4n) is 1.16. The molecule has 1 saturated carbocycles. The van der Waals surface area contributed by atoms with Gasteiger partial charge in [-0.3, -0.25) is 0 Å². The molecule has 0 spiro atoms. The summed E-state index contributed by atoms with van der Waals surface area (Å²) in [6.07, 6.45) is 0.0293. The van der Waals surface area contributed by atoms with Gasteiger partial charge in [0.1, 0.15) is 0 Å². The molecule has 0 nitrogen and oxygen atoms in total. The van der Waals surface area contributed by atoms with Crippen molar-refractivity contribution in [1.29, 1.82) is 0 Å². The van der Waals surface area contributed by atoms with Crippen LogP contribution in [0.2, 0.25) is 0 Å². The van der Waals surface area contributed by atoms with Crippen LogP contribution < -0.4 is 0 Å². The quantitative estimate of drug-likeness (QED) is 0.560. The molecule has 0 bridgehead atoms. The maximum absolute atomic E-state index is 11.6.